The van der Waals surface area contributed by atoms with Crippen LogP contribution in [-0.4, -0.2) is 25.1 Å². The molecule has 2 heterocycles. The third-order valence-electron chi connectivity index (χ3n) is 1.78. The second kappa shape index (κ2) is 2.97. The fraction of sp³-hybridized carbons (Fsp3) is 0.571. The molecule has 1 aliphatic heterocycles. The summed E-state index contributed by atoms with van der Waals surface area (Å²) in [6, 6.07) is 2.06. The van der Waals surface area contributed by atoms with E-state index in [9.17, 15) is 0 Å². The Morgan fingerprint density at radius 3 is 3.00 bits per heavy atom. The minimum absolute atomic E-state index is 0.498. The highest BCUT2D eigenvalue weighted by Gasteiger charge is 2.35. The summed E-state index contributed by atoms with van der Waals surface area (Å²) in [5.74, 6) is 2.56. The van der Waals surface area contributed by atoms with Crippen LogP contribution in [-0.2, 0) is 6.42 Å². The zero-order valence-corrected chi connectivity index (χ0v) is 8.98. The summed E-state index contributed by atoms with van der Waals surface area (Å²) in [6.07, 6.45) is 3.01. The predicted molar refractivity (Wildman–Crippen MR) is 56.4 cm³/mol. The topological polar surface area (TPSA) is 28.7 Å². The molecule has 11 heavy (non-hydrogen) atoms. The van der Waals surface area contributed by atoms with Gasteiger partial charge in [0, 0.05) is 27.5 Å². The van der Waals surface area contributed by atoms with E-state index in [2.05, 4.69) is 38.9 Å². The summed E-state index contributed by atoms with van der Waals surface area (Å²) in [5, 5.41) is 6.98. The number of nitrogens with one attached hydrogen (secondary N) is 1. The van der Waals surface area contributed by atoms with Crippen molar-refractivity contribution in [3.05, 3.63) is 18.0 Å². The number of hydrogen-bond donors (Lipinski definition) is 1. The lowest BCUT2D eigenvalue weighted by Gasteiger charge is -2.34. The zero-order chi connectivity index (χ0) is 7.73. The van der Waals surface area contributed by atoms with Gasteiger partial charge < -0.3 is 0 Å². The van der Waals surface area contributed by atoms with Crippen molar-refractivity contribution in [3.8, 4) is 0 Å². The van der Waals surface area contributed by atoms with E-state index >= 15 is 0 Å². The minimum Gasteiger partial charge on any atom is -0.285 e. The molecule has 0 unspecified atom stereocenters. The van der Waals surface area contributed by atoms with Crippen molar-refractivity contribution < 1.29 is 0 Å². The van der Waals surface area contributed by atoms with Gasteiger partial charge in [-0.3, -0.25) is 5.10 Å². The number of hydrogen-bond acceptors (Lipinski definition) is 2. The van der Waals surface area contributed by atoms with E-state index in [0.717, 1.165) is 6.42 Å². The number of alkyl halides is 1. The fourth-order valence-corrected chi connectivity index (χ4v) is 3.70. The van der Waals surface area contributed by atoms with Crippen molar-refractivity contribution in [2.45, 2.75) is 9.84 Å². The second-order valence-electron chi connectivity index (χ2n) is 2.89. The van der Waals surface area contributed by atoms with Gasteiger partial charge in [-0.05, 0) is 6.07 Å². The molecular formula is C7H9IN2S. The number of aromatic nitrogens is 2. The van der Waals surface area contributed by atoms with Crippen LogP contribution in [0.15, 0.2) is 12.3 Å². The Morgan fingerprint density at radius 2 is 2.55 bits per heavy atom. The standard InChI is InChI=1S/C7H9IN2S/c8-7(4-11-5-7)3-6-1-2-9-10-6/h1-2H,3-5H2,(H,9,10). The summed E-state index contributed by atoms with van der Waals surface area (Å²) in [7, 11) is 0. The lowest BCUT2D eigenvalue weighted by atomic mass is 10.1. The van der Waals surface area contributed by atoms with Crippen molar-refractivity contribution in [3.63, 3.8) is 0 Å². The van der Waals surface area contributed by atoms with Crippen LogP contribution in [0.2, 0.25) is 0 Å². The van der Waals surface area contributed by atoms with Crippen molar-refractivity contribution in [2.24, 2.45) is 0 Å². The van der Waals surface area contributed by atoms with Crippen molar-refractivity contribution in [2.75, 3.05) is 11.5 Å². The summed E-state index contributed by atoms with van der Waals surface area (Å²) < 4.78 is 0.498. The molecule has 0 saturated carbocycles. The highest BCUT2D eigenvalue weighted by molar-refractivity contribution is 14.1. The average molecular weight is 280 g/mol. The SMILES string of the molecule is IC1(Cc2cc[nH]n2)CSC1. The Balaban J connectivity index is 2.00. The molecule has 4 heteroatoms. The van der Waals surface area contributed by atoms with E-state index in [0.29, 0.717) is 3.42 Å². The van der Waals surface area contributed by atoms with E-state index in [-0.39, 0.29) is 0 Å². The molecule has 1 saturated heterocycles. The van der Waals surface area contributed by atoms with Crippen LogP contribution in [0, 0.1) is 0 Å². The van der Waals surface area contributed by atoms with E-state index in [1.54, 1.807) is 0 Å². The lowest BCUT2D eigenvalue weighted by molar-refractivity contribution is 0.714. The Kier molecular flexibility index (Phi) is 2.14. The van der Waals surface area contributed by atoms with Gasteiger partial charge in [0.1, 0.15) is 0 Å². The third-order valence-corrected chi connectivity index (χ3v) is 5.47. The van der Waals surface area contributed by atoms with Crippen LogP contribution in [0.4, 0.5) is 0 Å². The molecule has 2 nitrogen and oxygen atoms in total. The average Bonchev–Trinajstić information content (AvgIpc) is 2.36. The molecular weight excluding hydrogens is 271 g/mol. The number of halogens is 1. The summed E-state index contributed by atoms with van der Waals surface area (Å²) in [5.41, 5.74) is 1.19. The predicted octanol–water partition coefficient (Wildman–Crippen LogP) is 1.87. The van der Waals surface area contributed by atoms with Gasteiger partial charge in [-0.15, -0.1) is 0 Å². The number of thioether (sulfide) groups is 1. The Hall–Kier alpha value is 0.290. The van der Waals surface area contributed by atoms with Crippen molar-refractivity contribution >= 4 is 34.4 Å². The number of rotatable bonds is 2. The third kappa shape index (κ3) is 1.72. The maximum Gasteiger partial charge on any atom is 0.0635 e. The highest BCUT2D eigenvalue weighted by atomic mass is 127. The summed E-state index contributed by atoms with van der Waals surface area (Å²) in [6.45, 7) is 0. The molecule has 60 valence electrons. The van der Waals surface area contributed by atoms with Gasteiger partial charge in [0.05, 0.1) is 5.69 Å². The molecule has 1 aromatic heterocycles. The molecule has 2 rings (SSSR count). The molecule has 0 spiro atoms. The van der Waals surface area contributed by atoms with Gasteiger partial charge in [-0.1, -0.05) is 22.6 Å². The van der Waals surface area contributed by atoms with Crippen LogP contribution in [0.25, 0.3) is 0 Å². The van der Waals surface area contributed by atoms with Gasteiger partial charge in [0.25, 0.3) is 0 Å². The van der Waals surface area contributed by atoms with E-state index in [4.69, 9.17) is 0 Å². The van der Waals surface area contributed by atoms with Crippen LogP contribution >= 0.6 is 34.4 Å². The minimum atomic E-state index is 0.498. The van der Waals surface area contributed by atoms with Crippen LogP contribution in [0.1, 0.15) is 5.69 Å². The molecule has 0 atom stereocenters. The highest BCUT2D eigenvalue weighted by Crippen LogP contribution is 2.40. The van der Waals surface area contributed by atoms with Crippen LogP contribution in [0.5, 0.6) is 0 Å². The van der Waals surface area contributed by atoms with Gasteiger partial charge in [0.2, 0.25) is 0 Å². The smallest absolute Gasteiger partial charge is 0.0635 e. The molecule has 0 bridgehead atoms. The maximum absolute atomic E-state index is 4.14. The summed E-state index contributed by atoms with van der Waals surface area (Å²) in [4.78, 5) is 0. The lowest BCUT2D eigenvalue weighted by Crippen LogP contribution is -2.38. The van der Waals surface area contributed by atoms with E-state index in [1.165, 1.54) is 17.2 Å². The molecule has 1 aromatic rings. The van der Waals surface area contributed by atoms with Gasteiger partial charge in [0.15, 0.2) is 0 Å². The van der Waals surface area contributed by atoms with Gasteiger partial charge in [-0.25, -0.2) is 0 Å². The molecule has 0 aliphatic carbocycles. The van der Waals surface area contributed by atoms with E-state index < -0.39 is 0 Å². The van der Waals surface area contributed by atoms with Crippen molar-refractivity contribution in [1.29, 1.82) is 0 Å². The van der Waals surface area contributed by atoms with Crippen LogP contribution < -0.4 is 0 Å². The fourth-order valence-electron chi connectivity index (χ4n) is 1.14. The van der Waals surface area contributed by atoms with Crippen LogP contribution in [0.3, 0.4) is 0 Å². The number of nitrogens with zero attached hydrogens (tertiary/aromatic N) is 1. The Morgan fingerprint density at radius 1 is 1.73 bits per heavy atom. The van der Waals surface area contributed by atoms with Gasteiger partial charge >= 0.3 is 0 Å². The normalized spacial score (nSPS) is 21.2. The molecule has 1 N–H and O–H groups in total. The molecule has 1 aliphatic rings. The second-order valence-corrected chi connectivity index (χ2v) is 6.16. The van der Waals surface area contributed by atoms with Crippen molar-refractivity contribution in [1.82, 2.24) is 10.2 Å². The first-order valence-electron chi connectivity index (χ1n) is 3.54. The van der Waals surface area contributed by atoms with E-state index in [1.807, 2.05) is 18.0 Å². The molecule has 0 amide bonds. The zero-order valence-electron chi connectivity index (χ0n) is 6.01. The quantitative estimate of drug-likeness (QED) is 0.662. The first kappa shape index (κ1) is 7.91. The Bertz CT molecular complexity index is 231. The monoisotopic (exact) mass is 280 g/mol. The number of H-pyrrole nitrogens is 1. The molecule has 0 aromatic carbocycles. The largest absolute Gasteiger partial charge is 0.285 e. The summed E-state index contributed by atoms with van der Waals surface area (Å²) >= 11 is 4.57. The maximum atomic E-state index is 4.14. The molecule has 1 fully saturated rings. The Labute approximate surface area is 83.7 Å². The molecule has 0 radical (unpaired) electrons. The number of aromatic amines is 1. The van der Waals surface area contributed by atoms with Gasteiger partial charge in [-0.2, -0.15) is 16.9 Å². The first-order chi connectivity index (χ1) is 5.29. The first-order valence-corrected chi connectivity index (χ1v) is 5.77.